The molecule has 214 valence electrons. The number of carbonyl (C=O) groups excluding carboxylic acids is 2. The maximum absolute atomic E-state index is 14.1. The summed E-state index contributed by atoms with van der Waals surface area (Å²) in [5.74, 6) is -0.837. The van der Waals surface area contributed by atoms with Crippen LogP contribution >= 0.6 is 23.2 Å². The third-order valence-electron chi connectivity index (χ3n) is 6.62. The largest absolute Gasteiger partial charge is 0.352 e. The predicted molar refractivity (Wildman–Crippen MR) is 162 cm³/mol. The average Bonchev–Trinajstić information content (AvgIpc) is 2.91. The van der Waals surface area contributed by atoms with E-state index in [2.05, 4.69) is 5.32 Å². The van der Waals surface area contributed by atoms with E-state index in [4.69, 9.17) is 23.2 Å². The molecule has 0 heterocycles. The van der Waals surface area contributed by atoms with E-state index >= 15 is 0 Å². The summed E-state index contributed by atoms with van der Waals surface area (Å²) < 4.78 is 26.7. The summed E-state index contributed by atoms with van der Waals surface area (Å²) >= 11 is 12.2. The molecular weight excluding hydrogens is 569 g/mol. The van der Waals surface area contributed by atoms with Gasteiger partial charge in [-0.1, -0.05) is 90.3 Å². The van der Waals surface area contributed by atoms with Crippen LogP contribution in [0.2, 0.25) is 10.0 Å². The lowest BCUT2D eigenvalue weighted by atomic mass is 10.0. The number of benzene rings is 3. The molecule has 0 fully saturated rings. The van der Waals surface area contributed by atoms with Gasteiger partial charge >= 0.3 is 0 Å². The first-order valence-electron chi connectivity index (χ1n) is 13.0. The molecule has 0 aliphatic heterocycles. The number of hydrogen-bond acceptors (Lipinski definition) is 4. The van der Waals surface area contributed by atoms with Crippen LogP contribution in [0.5, 0.6) is 0 Å². The topological polar surface area (TPSA) is 86.8 Å². The number of amides is 2. The number of sulfonamides is 1. The Balaban J connectivity index is 2.06. The van der Waals surface area contributed by atoms with Gasteiger partial charge in [0.05, 0.1) is 22.0 Å². The number of rotatable bonds is 12. The lowest BCUT2D eigenvalue weighted by Gasteiger charge is -2.34. The van der Waals surface area contributed by atoms with Crippen LogP contribution in [-0.2, 0) is 32.6 Å². The Kier molecular flexibility index (Phi) is 11.0. The van der Waals surface area contributed by atoms with Crippen molar-refractivity contribution >= 4 is 50.7 Å². The van der Waals surface area contributed by atoms with Crippen molar-refractivity contribution in [3.63, 3.8) is 0 Å². The monoisotopic (exact) mass is 603 g/mol. The molecule has 0 saturated heterocycles. The number of anilines is 1. The predicted octanol–water partition coefficient (Wildman–Crippen LogP) is 5.62. The molecule has 0 aromatic heterocycles. The van der Waals surface area contributed by atoms with Gasteiger partial charge in [0.25, 0.3) is 0 Å². The second kappa shape index (κ2) is 14.0. The SMILES string of the molecule is CC[C@@H](C)NC(=O)[C@@H](Cc1ccccc1)N(Cc1ccc(C)cc1)C(=O)CN(c1ccc(Cl)c(Cl)c1)S(C)(=O)=O. The van der Waals surface area contributed by atoms with E-state index in [1.807, 2.05) is 75.4 Å². The first-order chi connectivity index (χ1) is 18.9. The third kappa shape index (κ3) is 8.71. The molecule has 3 rings (SSSR count). The molecule has 7 nitrogen and oxygen atoms in total. The van der Waals surface area contributed by atoms with Gasteiger partial charge in [-0.25, -0.2) is 8.42 Å². The highest BCUT2D eigenvalue weighted by molar-refractivity contribution is 7.92. The smallest absolute Gasteiger partial charge is 0.244 e. The molecule has 3 aromatic rings. The molecule has 0 spiro atoms. The van der Waals surface area contributed by atoms with Crippen LogP contribution in [0, 0.1) is 6.92 Å². The number of carbonyl (C=O) groups is 2. The van der Waals surface area contributed by atoms with Gasteiger partial charge in [-0.05, 0) is 49.6 Å². The minimum Gasteiger partial charge on any atom is -0.352 e. The molecule has 40 heavy (non-hydrogen) atoms. The van der Waals surface area contributed by atoms with Gasteiger partial charge in [-0.2, -0.15) is 0 Å². The minimum atomic E-state index is -3.90. The molecule has 0 aliphatic carbocycles. The van der Waals surface area contributed by atoms with Crippen LogP contribution in [0.15, 0.2) is 72.8 Å². The van der Waals surface area contributed by atoms with Crippen LogP contribution in [-0.4, -0.2) is 50.0 Å². The zero-order valence-electron chi connectivity index (χ0n) is 23.1. The van der Waals surface area contributed by atoms with Gasteiger partial charge in [-0.3, -0.25) is 13.9 Å². The highest BCUT2D eigenvalue weighted by Gasteiger charge is 2.33. The molecule has 3 aromatic carbocycles. The molecule has 0 unspecified atom stereocenters. The fourth-order valence-electron chi connectivity index (χ4n) is 4.14. The molecule has 1 N–H and O–H groups in total. The molecule has 0 saturated carbocycles. The summed E-state index contributed by atoms with van der Waals surface area (Å²) in [5, 5.41) is 3.43. The summed E-state index contributed by atoms with van der Waals surface area (Å²) in [6.07, 6.45) is 1.99. The Hall–Kier alpha value is -3.07. The Bertz CT molecular complexity index is 1420. The van der Waals surface area contributed by atoms with Crippen molar-refractivity contribution in [2.24, 2.45) is 0 Å². The molecule has 2 amide bonds. The molecule has 0 aliphatic rings. The standard InChI is InChI=1S/C30H35Cl2N3O4S/c1-5-22(3)33-30(37)28(17-23-9-7-6-8-10-23)34(19-24-13-11-21(2)12-14-24)29(36)20-35(40(4,38)39)25-15-16-26(31)27(32)18-25/h6-16,18,22,28H,5,17,19-20H2,1-4H3,(H,33,37)/t22-,28-/m1/s1. The Morgan fingerprint density at radius 1 is 0.925 bits per heavy atom. The Labute approximate surface area is 247 Å². The molecule has 0 bridgehead atoms. The lowest BCUT2D eigenvalue weighted by molar-refractivity contribution is -0.140. The maximum Gasteiger partial charge on any atom is 0.244 e. The highest BCUT2D eigenvalue weighted by Crippen LogP contribution is 2.29. The summed E-state index contributed by atoms with van der Waals surface area (Å²) in [6.45, 7) is 5.42. The van der Waals surface area contributed by atoms with Crippen LogP contribution in [0.4, 0.5) is 5.69 Å². The first kappa shape index (κ1) is 31.5. The van der Waals surface area contributed by atoms with Gasteiger partial charge in [0.2, 0.25) is 21.8 Å². The van der Waals surface area contributed by atoms with Crippen molar-refractivity contribution in [2.45, 2.75) is 52.2 Å². The van der Waals surface area contributed by atoms with E-state index in [0.29, 0.717) is 0 Å². The normalized spacial score (nSPS) is 12.8. The first-order valence-corrected chi connectivity index (χ1v) is 15.6. The van der Waals surface area contributed by atoms with Crippen molar-refractivity contribution in [1.29, 1.82) is 0 Å². The number of nitrogens with zero attached hydrogens (tertiary/aromatic N) is 2. The zero-order chi connectivity index (χ0) is 29.4. The summed E-state index contributed by atoms with van der Waals surface area (Å²) in [6, 6.07) is 20.5. The van der Waals surface area contributed by atoms with E-state index in [0.717, 1.165) is 33.7 Å². The van der Waals surface area contributed by atoms with Gasteiger partial charge in [-0.15, -0.1) is 0 Å². The van der Waals surface area contributed by atoms with Gasteiger partial charge in [0.1, 0.15) is 12.6 Å². The van der Waals surface area contributed by atoms with Gasteiger partial charge < -0.3 is 10.2 Å². The van der Waals surface area contributed by atoms with E-state index in [1.165, 1.54) is 23.1 Å². The number of nitrogens with one attached hydrogen (secondary N) is 1. The van der Waals surface area contributed by atoms with Crippen molar-refractivity contribution in [1.82, 2.24) is 10.2 Å². The van der Waals surface area contributed by atoms with Crippen molar-refractivity contribution in [2.75, 3.05) is 17.1 Å². The van der Waals surface area contributed by atoms with E-state index < -0.39 is 28.5 Å². The second-order valence-corrected chi connectivity index (χ2v) is 12.6. The Morgan fingerprint density at radius 2 is 1.57 bits per heavy atom. The summed E-state index contributed by atoms with van der Waals surface area (Å²) in [7, 11) is -3.90. The lowest BCUT2D eigenvalue weighted by Crippen LogP contribution is -2.54. The van der Waals surface area contributed by atoms with E-state index in [-0.39, 0.29) is 40.6 Å². The molecule has 0 radical (unpaired) electrons. The van der Waals surface area contributed by atoms with Crippen molar-refractivity contribution < 1.29 is 18.0 Å². The van der Waals surface area contributed by atoms with E-state index in [1.54, 1.807) is 0 Å². The van der Waals surface area contributed by atoms with Gasteiger partial charge in [0.15, 0.2) is 0 Å². The van der Waals surface area contributed by atoms with Crippen LogP contribution in [0.1, 0.15) is 37.0 Å². The number of hydrogen-bond donors (Lipinski definition) is 1. The minimum absolute atomic E-state index is 0.106. The second-order valence-electron chi connectivity index (χ2n) is 9.90. The number of aryl methyl sites for hydroxylation is 1. The quantitative estimate of drug-likeness (QED) is 0.291. The summed E-state index contributed by atoms with van der Waals surface area (Å²) in [4.78, 5) is 29.2. The number of halogens is 2. The van der Waals surface area contributed by atoms with Crippen LogP contribution in [0.25, 0.3) is 0 Å². The van der Waals surface area contributed by atoms with E-state index in [9.17, 15) is 18.0 Å². The Morgan fingerprint density at radius 3 is 2.15 bits per heavy atom. The molecular formula is C30H35Cl2N3O4S. The van der Waals surface area contributed by atoms with Crippen molar-refractivity contribution in [3.8, 4) is 0 Å². The maximum atomic E-state index is 14.1. The fraction of sp³-hybridized carbons (Fsp3) is 0.333. The van der Waals surface area contributed by atoms with Crippen molar-refractivity contribution in [3.05, 3.63) is 99.5 Å². The zero-order valence-corrected chi connectivity index (χ0v) is 25.4. The fourth-order valence-corrected chi connectivity index (χ4v) is 5.27. The van der Waals surface area contributed by atoms with Crippen LogP contribution in [0.3, 0.4) is 0 Å². The van der Waals surface area contributed by atoms with Gasteiger partial charge in [0, 0.05) is 19.0 Å². The van der Waals surface area contributed by atoms with Crippen LogP contribution < -0.4 is 9.62 Å². The molecule has 2 atom stereocenters. The summed E-state index contributed by atoms with van der Waals surface area (Å²) in [5.41, 5.74) is 2.94. The highest BCUT2D eigenvalue weighted by atomic mass is 35.5. The average molecular weight is 605 g/mol. The third-order valence-corrected chi connectivity index (χ3v) is 8.50. The molecule has 10 heteroatoms.